The number of ether oxygens (including phenoxy) is 1. The molecule has 0 aliphatic rings. The lowest BCUT2D eigenvalue weighted by Crippen LogP contribution is -2.43. The molecular weight excluding hydrogens is 315 g/mol. The van der Waals surface area contributed by atoms with Crippen LogP contribution >= 0.6 is 15.9 Å². The maximum absolute atomic E-state index is 13.8. The molecule has 0 saturated carbocycles. The van der Waals surface area contributed by atoms with E-state index in [1.807, 2.05) is 0 Å². The monoisotopic (exact) mass is 332 g/mol. The van der Waals surface area contributed by atoms with Gasteiger partial charge in [-0.2, -0.15) is 0 Å². The zero-order valence-corrected chi connectivity index (χ0v) is 12.6. The van der Waals surface area contributed by atoms with Crippen molar-refractivity contribution in [2.75, 3.05) is 20.3 Å². The van der Waals surface area contributed by atoms with Gasteiger partial charge in [0.1, 0.15) is 5.82 Å². The van der Waals surface area contributed by atoms with E-state index < -0.39 is 11.9 Å². The van der Waals surface area contributed by atoms with E-state index in [1.54, 1.807) is 31.1 Å². The third-order valence-electron chi connectivity index (χ3n) is 2.93. The van der Waals surface area contributed by atoms with Crippen LogP contribution in [0.1, 0.15) is 12.5 Å². The molecule has 1 unspecified atom stereocenters. The van der Waals surface area contributed by atoms with Crippen LogP contribution in [0.25, 0.3) is 0 Å². The molecule has 0 aromatic heterocycles. The van der Waals surface area contributed by atoms with Crippen LogP contribution in [-0.2, 0) is 16.1 Å². The number of primary amides is 1. The summed E-state index contributed by atoms with van der Waals surface area (Å²) in [4.78, 5) is 13.1. The summed E-state index contributed by atoms with van der Waals surface area (Å²) in [5.41, 5.74) is 5.82. The molecule has 0 aliphatic carbocycles. The van der Waals surface area contributed by atoms with Crippen molar-refractivity contribution in [3.05, 3.63) is 34.1 Å². The predicted octanol–water partition coefficient (Wildman–Crippen LogP) is 1.91. The normalized spacial score (nSPS) is 12.7. The average molecular weight is 333 g/mol. The van der Waals surface area contributed by atoms with Crippen molar-refractivity contribution in [2.24, 2.45) is 5.73 Å². The first-order valence-corrected chi connectivity index (χ1v) is 6.71. The van der Waals surface area contributed by atoms with E-state index in [2.05, 4.69) is 15.9 Å². The molecular formula is C13H18BrFN2O2. The highest BCUT2D eigenvalue weighted by Gasteiger charge is 2.20. The SMILES string of the molecule is COCCN(Cc1ccc(Br)cc1F)C(C)C(N)=O. The largest absolute Gasteiger partial charge is 0.383 e. The van der Waals surface area contributed by atoms with Gasteiger partial charge in [-0.25, -0.2) is 4.39 Å². The summed E-state index contributed by atoms with van der Waals surface area (Å²) < 4.78 is 19.5. The molecule has 4 nitrogen and oxygen atoms in total. The van der Waals surface area contributed by atoms with E-state index in [0.29, 0.717) is 29.7 Å². The smallest absolute Gasteiger partial charge is 0.234 e. The summed E-state index contributed by atoms with van der Waals surface area (Å²) in [6.45, 7) is 2.98. The van der Waals surface area contributed by atoms with Crippen molar-refractivity contribution in [2.45, 2.75) is 19.5 Å². The third-order valence-corrected chi connectivity index (χ3v) is 3.42. The Balaban J connectivity index is 2.83. The van der Waals surface area contributed by atoms with Crippen LogP contribution in [0.15, 0.2) is 22.7 Å². The van der Waals surface area contributed by atoms with Crippen LogP contribution in [0.4, 0.5) is 4.39 Å². The van der Waals surface area contributed by atoms with Crippen LogP contribution in [0.3, 0.4) is 0 Å². The topological polar surface area (TPSA) is 55.6 Å². The third kappa shape index (κ3) is 4.89. The van der Waals surface area contributed by atoms with Gasteiger partial charge in [0.15, 0.2) is 0 Å². The molecule has 0 aliphatic heterocycles. The van der Waals surface area contributed by atoms with Crippen LogP contribution < -0.4 is 5.73 Å². The molecule has 0 fully saturated rings. The van der Waals surface area contributed by atoms with Crippen LogP contribution in [-0.4, -0.2) is 37.1 Å². The summed E-state index contributed by atoms with van der Waals surface area (Å²) in [5.74, 6) is -0.748. The number of methoxy groups -OCH3 is 1. The summed E-state index contributed by atoms with van der Waals surface area (Å²) >= 11 is 3.21. The predicted molar refractivity (Wildman–Crippen MR) is 75.0 cm³/mol. The minimum atomic E-state index is -0.474. The first-order valence-electron chi connectivity index (χ1n) is 5.92. The van der Waals surface area contributed by atoms with Gasteiger partial charge in [0.25, 0.3) is 0 Å². The molecule has 0 spiro atoms. The summed E-state index contributed by atoms with van der Waals surface area (Å²) in [6.07, 6.45) is 0. The van der Waals surface area contributed by atoms with Crippen molar-refractivity contribution in [1.82, 2.24) is 4.90 Å². The van der Waals surface area contributed by atoms with Gasteiger partial charge in [-0.05, 0) is 19.1 Å². The quantitative estimate of drug-likeness (QED) is 0.829. The zero-order chi connectivity index (χ0) is 14.4. The number of halogens is 2. The Morgan fingerprint density at radius 3 is 2.79 bits per heavy atom. The summed E-state index contributed by atoms with van der Waals surface area (Å²) in [6, 6.07) is 4.38. The second-order valence-corrected chi connectivity index (χ2v) is 5.19. The van der Waals surface area contributed by atoms with E-state index in [0.717, 1.165) is 0 Å². The van der Waals surface area contributed by atoms with Crippen LogP contribution in [0, 0.1) is 5.82 Å². The van der Waals surface area contributed by atoms with Gasteiger partial charge in [-0.3, -0.25) is 9.69 Å². The number of hydrogen-bond donors (Lipinski definition) is 1. The molecule has 0 bridgehead atoms. The van der Waals surface area contributed by atoms with E-state index in [-0.39, 0.29) is 5.82 Å². The number of carbonyl (C=O) groups excluding carboxylic acids is 1. The molecule has 1 aromatic rings. The maximum Gasteiger partial charge on any atom is 0.234 e. The van der Waals surface area contributed by atoms with E-state index in [4.69, 9.17) is 10.5 Å². The van der Waals surface area contributed by atoms with Crippen LogP contribution in [0.5, 0.6) is 0 Å². The number of nitrogens with zero attached hydrogens (tertiary/aromatic N) is 1. The number of hydrogen-bond acceptors (Lipinski definition) is 3. The number of nitrogens with two attached hydrogens (primary N) is 1. The Morgan fingerprint density at radius 1 is 1.58 bits per heavy atom. The Labute approximate surface area is 120 Å². The average Bonchev–Trinajstić information content (AvgIpc) is 2.36. The Morgan fingerprint density at radius 2 is 2.26 bits per heavy atom. The van der Waals surface area contributed by atoms with Gasteiger partial charge in [0, 0.05) is 30.2 Å². The number of rotatable bonds is 7. The molecule has 1 amide bonds. The molecule has 1 rings (SSSR count). The van der Waals surface area contributed by atoms with Crippen molar-refractivity contribution in [3.8, 4) is 0 Å². The van der Waals surface area contributed by atoms with Gasteiger partial charge >= 0.3 is 0 Å². The fraction of sp³-hybridized carbons (Fsp3) is 0.462. The van der Waals surface area contributed by atoms with E-state index >= 15 is 0 Å². The van der Waals surface area contributed by atoms with Gasteiger partial charge < -0.3 is 10.5 Å². The minimum absolute atomic E-state index is 0.312. The molecule has 19 heavy (non-hydrogen) atoms. The fourth-order valence-corrected chi connectivity index (χ4v) is 2.00. The van der Waals surface area contributed by atoms with Crippen LogP contribution in [0.2, 0.25) is 0 Å². The molecule has 0 heterocycles. The maximum atomic E-state index is 13.8. The Kier molecular flexibility index (Phi) is 6.41. The second-order valence-electron chi connectivity index (χ2n) is 4.28. The second kappa shape index (κ2) is 7.57. The van der Waals surface area contributed by atoms with Gasteiger partial charge in [0.05, 0.1) is 12.6 Å². The van der Waals surface area contributed by atoms with Crippen molar-refractivity contribution in [3.63, 3.8) is 0 Å². The molecule has 6 heteroatoms. The molecule has 2 N–H and O–H groups in total. The molecule has 0 radical (unpaired) electrons. The first-order chi connectivity index (χ1) is 8.95. The van der Waals surface area contributed by atoms with Gasteiger partial charge in [-0.15, -0.1) is 0 Å². The van der Waals surface area contributed by atoms with Crippen molar-refractivity contribution >= 4 is 21.8 Å². The highest BCUT2D eigenvalue weighted by atomic mass is 79.9. The molecule has 106 valence electrons. The lowest BCUT2D eigenvalue weighted by Gasteiger charge is -2.26. The Bertz CT molecular complexity index is 443. The minimum Gasteiger partial charge on any atom is -0.383 e. The Hall–Kier alpha value is -0.980. The van der Waals surface area contributed by atoms with E-state index in [1.165, 1.54) is 6.07 Å². The standard InChI is InChI=1S/C13H18BrFN2O2/c1-9(13(16)18)17(5-6-19-2)8-10-3-4-11(14)7-12(10)15/h3-4,7,9H,5-6,8H2,1-2H3,(H2,16,18). The van der Waals surface area contributed by atoms with Gasteiger partial charge in [-0.1, -0.05) is 22.0 Å². The summed E-state index contributed by atoms with van der Waals surface area (Å²) in [7, 11) is 1.58. The number of amides is 1. The number of benzene rings is 1. The van der Waals surface area contributed by atoms with Crippen molar-refractivity contribution in [1.29, 1.82) is 0 Å². The highest BCUT2D eigenvalue weighted by molar-refractivity contribution is 9.10. The van der Waals surface area contributed by atoms with Crippen molar-refractivity contribution < 1.29 is 13.9 Å². The molecule has 1 aromatic carbocycles. The lowest BCUT2D eigenvalue weighted by molar-refractivity contribution is -0.123. The molecule has 0 saturated heterocycles. The fourth-order valence-electron chi connectivity index (χ4n) is 1.67. The number of carbonyl (C=O) groups is 1. The molecule has 1 atom stereocenters. The lowest BCUT2D eigenvalue weighted by atomic mass is 10.1. The zero-order valence-electron chi connectivity index (χ0n) is 11.0. The highest BCUT2D eigenvalue weighted by Crippen LogP contribution is 2.17. The van der Waals surface area contributed by atoms with E-state index in [9.17, 15) is 9.18 Å². The van der Waals surface area contributed by atoms with Gasteiger partial charge in [0.2, 0.25) is 5.91 Å². The first kappa shape index (κ1) is 16.1. The summed E-state index contributed by atoms with van der Waals surface area (Å²) in [5, 5.41) is 0.